The van der Waals surface area contributed by atoms with Gasteiger partial charge in [0, 0.05) is 11.8 Å². The number of hydrogen-bond donors (Lipinski definition) is 2. The van der Waals surface area contributed by atoms with Gasteiger partial charge < -0.3 is 9.84 Å². The van der Waals surface area contributed by atoms with E-state index in [1.165, 1.54) is 4.68 Å². The van der Waals surface area contributed by atoms with Crippen molar-refractivity contribution < 1.29 is 9.84 Å². The highest BCUT2D eigenvalue weighted by Gasteiger charge is 2.13. The summed E-state index contributed by atoms with van der Waals surface area (Å²) >= 11 is 0. The van der Waals surface area contributed by atoms with Gasteiger partial charge in [0.1, 0.15) is 5.75 Å². The van der Waals surface area contributed by atoms with Crippen molar-refractivity contribution in [2.24, 2.45) is 0 Å². The number of aryl methyl sites for hydroxylation is 1. The van der Waals surface area contributed by atoms with E-state index in [1.54, 1.807) is 19.2 Å². The Morgan fingerprint density at radius 2 is 2.22 bits per heavy atom. The van der Waals surface area contributed by atoms with Crippen LogP contribution in [0.25, 0.3) is 5.69 Å². The zero-order valence-electron chi connectivity index (χ0n) is 10.4. The quantitative estimate of drug-likeness (QED) is 0.855. The molecule has 0 aliphatic carbocycles. The third kappa shape index (κ3) is 2.04. The van der Waals surface area contributed by atoms with Crippen molar-refractivity contribution in [3.63, 3.8) is 0 Å². The Labute approximate surface area is 105 Å². The normalized spacial score (nSPS) is 10.6. The minimum absolute atomic E-state index is 0.220. The van der Waals surface area contributed by atoms with Crippen LogP contribution in [0, 0.1) is 0 Å². The molecule has 0 radical (unpaired) electrons. The number of benzene rings is 1. The van der Waals surface area contributed by atoms with Crippen LogP contribution in [-0.2, 0) is 13.0 Å². The number of hydrogen-bond acceptors (Lipinski definition) is 3. The lowest BCUT2D eigenvalue weighted by Crippen LogP contribution is -2.17. The van der Waals surface area contributed by atoms with Crippen LogP contribution >= 0.6 is 0 Å². The summed E-state index contributed by atoms with van der Waals surface area (Å²) < 4.78 is 6.55. The number of aliphatic hydroxyl groups excluding tert-OH is 1. The minimum atomic E-state index is -0.254. The Morgan fingerprint density at radius 3 is 2.78 bits per heavy atom. The number of nitrogens with one attached hydrogen (secondary N) is 1. The lowest BCUT2D eigenvalue weighted by atomic mass is 10.2. The van der Waals surface area contributed by atoms with Gasteiger partial charge in [0.15, 0.2) is 0 Å². The smallest absolute Gasteiger partial charge is 0.277 e. The van der Waals surface area contributed by atoms with Crippen LogP contribution in [0.5, 0.6) is 5.75 Å². The summed E-state index contributed by atoms with van der Waals surface area (Å²) in [5.74, 6) is 0.678. The number of rotatable bonds is 4. The fourth-order valence-corrected chi connectivity index (χ4v) is 1.90. The van der Waals surface area contributed by atoms with Gasteiger partial charge in [0.25, 0.3) is 5.56 Å². The maximum absolute atomic E-state index is 12.1. The van der Waals surface area contributed by atoms with Crippen molar-refractivity contribution in [2.75, 3.05) is 7.11 Å². The van der Waals surface area contributed by atoms with Crippen molar-refractivity contribution >= 4 is 0 Å². The van der Waals surface area contributed by atoms with E-state index in [4.69, 9.17) is 4.74 Å². The van der Waals surface area contributed by atoms with E-state index in [2.05, 4.69) is 5.10 Å². The van der Waals surface area contributed by atoms with Gasteiger partial charge >= 0.3 is 0 Å². The second-order valence-electron chi connectivity index (χ2n) is 3.92. The Kier molecular flexibility index (Phi) is 3.53. The molecule has 0 fully saturated rings. The van der Waals surface area contributed by atoms with Crippen molar-refractivity contribution in [2.45, 2.75) is 20.0 Å². The molecular weight excluding hydrogens is 232 g/mol. The minimum Gasteiger partial charge on any atom is -0.497 e. The zero-order chi connectivity index (χ0) is 13.1. The van der Waals surface area contributed by atoms with Gasteiger partial charge in [-0.15, -0.1) is 0 Å². The maximum Gasteiger partial charge on any atom is 0.277 e. The predicted octanol–water partition coefficient (Wildman–Crippen LogP) is 1.23. The molecule has 0 spiro atoms. The number of nitrogens with zero attached hydrogens (tertiary/aromatic N) is 1. The maximum atomic E-state index is 12.1. The molecule has 96 valence electrons. The molecule has 1 heterocycles. The summed E-state index contributed by atoms with van der Waals surface area (Å²) in [5.41, 5.74) is 1.64. The molecule has 5 nitrogen and oxygen atoms in total. The van der Waals surface area contributed by atoms with Crippen molar-refractivity contribution in [3.8, 4) is 11.4 Å². The largest absolute Gasteiger partial charge is 0.497 e. The lowest BCUT2D eigenvalue weighted by Gasteiger charge is -2.04. The van der Waals surface area contributed by atoms with Gasteiger partial charge in [0.05, 0.1) is 25.0 Å². The van der Waals surface area contributed by atoms with Crippen LogP contribution in [0.15, 0.2) is 29.1 Å². The molecule has 2 rings (SSSR count). The fourth-order valence-electron chi connectivity index (χ4n) is 1.90. The Bertz CT molecular complexity index is 599. The summed E-state index contributed by atoms with van der Waals surface area (Å²) in [5, 5.41) is 12.2. The first-order chi connectivity index (χ1) is 8.71. The predicted molar refractivity (Wildman–Crippen MR) is 68.2 cm³/mol. The van der Waals surface area contributed by atoms with E-state index in [9.17, 15) is 9.90 Å². The molecule has 1 aromatic heterocycles. The van der Waals surface area contributed by atoms with E-state index < -0.39 is 0 Å². The molecule has 0 unspecified atom stereocenters. The van der Waals surface area contributed by atoms with E-state index in [0.717, 1.165) is 5.69 Å². The van der Waals surface area contributed by atoms with Crippen LogP contribution in [0.2, 0.25) is 0 Å². The summed E-state index contributed by atoms with van der Waals surface area (Å²) in [6.45, 7) is 1.68. The third-order valence-electron chi connectivity index (χ3n) is 2.90. The van der Waals surface area contributed by atoms with Gasteiger partial charge in [0.2, 0.25) is 0 Å². The van der Waals surface area contributed by atoms with E-state index in [1.807, 2.05) is 19.1 Å². The molecule has 5 heteroatoms. The molecule has 0 aliphatic heterocycles. The first-order valence-corrected chi connectivity index (χ1v) is 5.79. The topological polar surface area (TPSA) is 67.2 Å². The van der Waals surface area contributed by atoms with Crippen LogP contribution in [0.1, 0.15) is 18.2 Å². The monoisotopic (exact) mass is 248 g/mol. The molecular formula is C13H16N2O3. The van der Waals surface area contributed by atoms with Crippen molar-refractivity contribution in [1.29, 1.82) is 0 Å². The fraction of sp³-hybridized carbons (Fsp3) is 0.308. The average molecular weight is 248 g/mol. The van der Waals surface area contributed by atoms with Crippen molar-refractivity contribution in [3.05, 3.63) is 45.9 Å². The molecule has 0 atom stereocenters. The Morgan fingerprint density at radius 1 is 1.44 bits per heavy atom. The second-order valence-corrected chi connectivity index (χ2v) is 3.92. The molecule has 0 amide bonds. The number of ether oxygens (including phenoxy) is 1. The molecule has 2 aromatic rings. The summed E-state index contributed by atoms with van der Waals surface area (Å²) in [4.78, 5) is 12.1. The van der Waals surface area contributed by atoms with Crippen LogP contribution in [0.4, 0.5) is 0 Å². The Hall–Kier alpha value is -2.01. The van der Waals surface area contributed by atoms with Crippen LogP contribution < -0.4 is 10.3 Å². The van der Waals surface area contributed by atoms with Crippen LogP contribution in [0.3, 0.4) is 0 Å². The number of aliphatic hydroxyl groups is 1. The average Bonchev–Trinajstić information content (AvgIpc) is 2.75. The Balaban J connectivity index is 2.57. The molecule has 1 aromatic carbocycles. The highest BCUT2D eigenvalue weighted by Crippen LogP contribution is 2.15. The molecule has 0 saturated heterocycles. The van der Waals surface area contributed by atoms with Gasteiger partial charge in [-0.3, -0.25) is 9.89 Å². The number of H-pyrrole nitrogens is 1. The number of aromatic amines is 1. The highest BCUT2D eigenvalue weighted by atomic mass is 16.5. The number of aromatic nitrogens is 2. The summed E-state index contributed by atoms with van der Waals surface area (Å²) in [7, 11) is 1.58. The summed E-state index contributed by atoms with van der Waals surface area (Å²) in [6, 6.07) is 7.19. The SMILES string of the molecule is CCc1[nH]n(-c2cccc(OC)c2)c(=O)c1CO. The molecule has 2 N–H and O–H groups in total. The molecule has 0 bridgehead atoms. The van der Waals surface area contributed by atoms with Gasteiger partial charge in [-0.2, -0.15) is 0 Å². The second kappa shape index (κ2) is 5.10. The van der Waals surface area contributed by atoms with Crippen LogP contribution in [-0.4, -0.2) is 22.0 Å². The molecule has 18 heavy (non-hydrogen) atoms. The first kappa shape index (κ1) is 12.4. The zero-order valence-corrected chi connectivity index (χ0v) is 10.4. The van der Waals surface area contributed by atoms with E-state index >= 15 is 0 Å². The number of methoxy groups -OCH3 is 1. The standard InChI is InChI=1S/C13H16N2O3/c1-3-12-11(8-16)13(17)15(14-12)9-5-4-6-10(7-9)18-2/h4-7,14,16H,3,8H2,1-2H3. The van der Waals surface area contributed by atoms with Gasteiger partial charge in [-0.1, -0.05) is 13.0 Å². The van der Waals surface area contributed by atoms with E-state index in [-0.39, 0.29) is 12.2 Å². The van der Waals surface area contributed by atoms with E-state index in [0.29, 0.717) is 23.4 Å². The van der Waals surface area contributed by atoms with Gasteiger partial charge in [-0.05, 0) is 18.6 Å². The lowest BCUT2D eigenvalue weighted by molar-refractivity contribution is 0.279. The third-order valence-corrected chi connectivity index (χ3v) is 2.90. The van der Waals surface area contributed by atoms with Gasteiger partial charge in [-0.25, -0.2) is 4.68 Å². The molecule has 0 saturated carbocycles. The highest BCUT2D eigenvalue weighted by molar-refractivity contribution is 5.39. The summed E-state index contributed by atoms with van der Waals surface area (Å²) in [6.07, 6.45) is 0.669. The molecule has 0 aliphatic rings. The van der Waals surface area contributed by atoms with Crippen molar-refractivity contribution in [1.82, 2.24) is 9.78 Å². The first-order valence-electron chi connectivity index (χ1n) is 5.79.